The Hall–Kier alpha value is -4.21. The van der Waals surface area contributed by atoms with Crippen LogP contribution in [0.2, 0.25) is 0 Å². The second kappa shape index (κ2) is 9.94. The molecule has 10 heteroatoms. The van der Waals surface area contributed by atoms with Crippen molar-refractivity contribution >= 4 is 45.6 Å². The van der Waals surface area contributed by atoms with Gasteiger partial charge in [0, 0.05) is 22.5 Å². The highest BCUT2D eigenvalue weighted by atomic mass is 19.4. The molecule has 0 aliphatic heterocycles. The van der Waals surface area contributed by atoms with Crippen LogP contribution in [-0.4, -0.2) is 23.4 Å². The molecule has 0 saturated carbocycles. The molecule has 3 amide bonds. The molecule has 33 heavy (non-hydrogen) atoms. The minimum atomic E-state index is -4.53. The third-order valence-corrected chi connectivity index (χ3v) is 4.48. The Kier molecular flexibility index (Phi) is 7.07. The Balaban J connectivity index is 1.55. The Labute approximate surface area is 186 Å². The highest BCUT2D eigenvalue weighted by Gasteiger charge is 2.30. The summed E-state index contributed by atoms with van der Waals surface area (Å²) in [6.45, 7) is 1.43. The van der Waals surface area contributed by atoms with Crippen LogP contribution < -0.4 is 16.1 Å². The van der Waals surface area contributed by atoms with Crippen LogP contribution in [0.3, 0.4) is 0 Å². The number of anilines is 2. The molecule has 0 aliphatic carbocycles. The minimum absolute atomic E-state index is 0.0267. The van der Waals surface area contributed by atoms with Crippen LogP contribution in [0.15, 0.2) is 71.8 Å². The molecule has 170 valence electrons. The number of amides is 3. The summed E-state index contributed by atoms with van der Waals surface area (Å²) in [6, 6.07) is 16.8. The summed E-state index contributed by atoms with van der Waals surface area (Å²) in [5, 5.41) is 10.2. The highest BCUT2D eigenvalue weighted by Crippen LogP contribution is 2.30. The number of rotatable bonds is 5. The van der Waals surface area contributed by atoms with Gasteiger partial charge in [-0.25, -0.2) is 5.43 Å². The molecule has 0 heterocycles. The molecule has 0 bridgehead atoms. The zero-order chi connectivity index (χ0) is 24.0. The molecule has 0 aromatic heterocycles. The van der Waals surface area contributed by atoms with E-state index in [0.29, 0.717) is 5.69 Å². The number of hydrogen-bond donors (Lipinski definition) is 3. The van der Waals surface area contributed by atoms with Gasteiger partial charge in [-0.05, 0) is 36.6 Å². The first-order valence-electron chi connectivity index (χ1n) is 9.73. The molecular weight excluding hydrogens is 437 g/mol. The number of fused-ring (bicyclic) bond motifs is 1. The van der Waals surface area contributed by atoms with E-state index < -0.39 is 29.5 Å². The van der Waals surface area contributed by atoms with Crippen LogP contribution in [-0.2, 0) is 20.6 Å². The van der Waals surface area contributed by atoms with Crippen molar-refractivity contribution < 1.29 is 27.6 Å². The van der Waals surface area contributed by atoms with Crippen molar-refractivity contribution in [1.82, 2.24) is 5.43 Å². The summed E-state index contributed by atoms with van der Waals surface area (Å²) < 4.78 is 38.3. The van der Waals surface area contributed by atoms with E-state index in [1.807, 2.05) is 18.2 Å². The molecule has 0 radical (unpaired) electrons. The monoisotopic (exact) mass is 456 g/mol. The number of alkyl halides is 3. The summed E-state index contributed by atoms with van der Waals surface area (Å²) in [5.74, 6) is -2.62. The van der Waals surface area contributed by atoms with Crippen LogP contribution in [0.4, 0.5) is 24.5 Å². The molecule has 0 atom stereocenters. The molecule has 3 N–H and O–H groups in total. The minimum Gasteiger partial charge on any atom is -0.326 e. The van der Waals surface area contributed by atoms with Crippen LogP contribution in [0.1, 0.15) is 18.9 Å². The SMILES string of the molecule is C/C(CC(=O)Nc1cccc(C(F)(F)F)c1)=N/NC(=O)C(=O)Nc1cccc2ccccc12. The maximum atomic E-state index is 12.8. The van der Waals surface area contributed by atoms with Gasteiger partial charge in [-0.2, -0.15) is 18.3 Å². The predicted molar refractivity (Wildman–Crippen MR) is 119 cm³/mol. The lowest BCUT2D eigenvalue weighted by Gasteiger charge is -2.10. The van der Waals surface area contributed by atoms with Gasteiger partial charge in [0.1, 0.15) is 0 Å². The van der Waals surface area contributed by atoms with Crippen molar-refractivity contribution in [3.8, 4) is 0 Å². The van der Waals surface area contributed by atoms with Gasteiger partial charge >= 0.3 is 18.0 Å². The van der Waals surface area contributed by atoms with Gasteiger partial charge in [0.2, 0.25) is 5.91 Å². The van der Waals surface area contributed by atoms with Crippen molar-refractivity contribution in [2.24, 2.45) is 5.10 Å². The molecule has 3 aromatic carbocycles. The standard InChI is InChI=1S/C23H19F3N4O3/c1-14(12-20(31)27-17-9-5-8-16(13-17)23(24,25)26)29-30-22(33)21(32)28-19-11-4-7-15-6-2-3-10-18(15)19/h2-11,13H,12H2,1H3,(H,27,31)(H,28,32)(H,30,33)/b29-14-. The van der Waals surface area contributed by atoms with Crippen LogP contribution in [0.25, 0.3) is 10.8 Å². The highest BCUT2D eigenvalue weighted by molar-refractivity contribution is 6.40. The largest absolute Gasteiger partial charge is 0.416 e. The first-order valence-corrected chi connectivity index (χ1v) is 9.73. The predicted octanol–water partition coefficient (Wildman–Crippen LogP) is 4.32. The van der Waals surface area contributed by atoms with Gasteiger partial charge in [-0.3, -0.25) is 14.4 Å². The van der Waals surface area contributed by atoms with E-state index in [2.05, 4.69) is 21.2 Å². The number of nitrogens with zero attached hydrogens (tertiary/aromatic N) is 1. The van der Waals surface area contributed by atoms with Crippen LogP contribution in [0.5, 0.6) is 0 Å². The number of hydrogen-bond acceptors (Lipinski definition) is 4. The van der Waals surface area contributed by atoms with E-state index in [-0.39, 0.29) is 17.8 Å². The fraction of sp³-hybridized carbons (Fsp3) is 0.130. The second-order valence-electron chi connectivity index (χ2n) is 7.07. The molecule has 0 unspecified atom stereocenters. The Morgan fingerprint density at radius 3 is 2.33 bits per heavy atom. The quantitative estimate of drug-likeness (QED) is 0.303. The average molecular weight is 456 g/mol. The maximum absolute atomic E-state index is 12.8. The average Bonchev–Trinajstić information content (AvgIpc) is 2.77. The van der Waals surface area contributed by atoms with Crippen molar-refractivity contribution in [2.75, 3.05) is 10.6 Å². The van der Waals surface area contributed by atoms with Gasteiger partial charge in [-0.15, -0.1) is 0 Å². The van der Waals surface area contributed by atoms with Crippen LogP contribution in [0, 0.1) is 0 Å². The molecule has 3 aromatic rings. The Morgan fingerprint density at radius 1 is 0.879 bits per heavy atom. The summed E-state index contributed by atoms with van der Waals surface area (Å²) in [4.78, 5) is 36.3. The Morgan fingerprint density at radius 2 is 1.58 bits per heavy atom. The zero-order valence-corrected chi connectivity index (χ0v) is 17.4. The van der Waals surface area contributed by atoms with E-state index in [1.165, 1.54) is 19.1 Å². The van der Waals surface area contributed by atoms with Gasteiger partial charge in [0.15, 0.2) is 0 Å². The van der Waals surface area contributed by atoms with Gasteiger partial charge in [-0.1, -0.05) is 42.5 Å². The topological polar surface area (TPSA) is 99.7 Å². The lowest BCUT2D eigenvalue weighted by atomic mass is 10.1. The number of carbonyl (C=O) groups is 3. The van der Waals surface area contributed by atoms with Crippen molar-refractivity contribution in [3.05, 3.63) is 72.3 Å². The summed E-state index contributed by atoms with van der Waals surface area (Å²) in [7, 11) is 0. The number of benzene rings is 3. The van der Waals surface area contributed by atoms with E-state index in [0.717, 1.165) is 22.9 Å². The third kappa shape index (κ3) is 6.39. The van der Waals surface area contributed by atoms with Gasteiger partial charge in [0.05, 0.1) is 12.0 Å². The maximum Gasteiger partial charge on any atom is 0.416 e. The molecular formula is C23H19F3N4O3. The lowest BCUT2D eigenvalue weighted by Crippen LogP contribution is -2.33. The molecule has 7 nitrogen and oxygen atoms in total. The second-order valence-corrected chi connectivity index (χ2v) is 7.07. The normalized spacial score (nSPS) is 11.7. The summed E-state index contributed by atoms with van der Waals surface area (Å²) in [5.41, 5.74) is 1.73. The number of carbonyl (C=O) groups excluding carboxylic acids is 3. The van der Waals surface area contributed by atoms with E-state index >= 15 is 0 Å². The van der Waals surface area contributed by atoms with E-state index in [1.54, 1.807) is 24.3 Å². The molecule has 0 fully saturated rings. The summed E-state index contributed by atoms with van der Waals surface area (Å²) >= 11 is 0. The fourth-order valence-corrected chi connectivity index (χ4v) is 2.96. The smallest absolute Gasteiger partial charge is 0.326 e. The van der Waals surface area contributed by atoms with Gasteiger partial charge in [0.25, 0.3) is 0 Å². The fourth-order valence-electron chi connectivity index (χ4n) is 2.96. The van der Waals surface area contributed by atoms with Crippen molar-refractivity contribution in [1.29, 1.82) is 0 Å². The third-order valence-electron chi connectivity index (χ3n) is 4.48. The first-order chi connectivity index (χ1) is 15.6. The summed E-state index contributed by atoms with van der Waals surface area (Å²) in [6.07, 6.45) is -4.84. The zero-order valence-electron chi connectivity index (χ0n) is 17.4. The molecule has 0 spiro atoms. The number of nitrogens with one attached hydrogen (secondary N) is 3. The van der Waals surface area contributed by atoms with Gasteiger partial charge < -0.3 is 10.6 Å². The first kappa shape index (κ1) is 23.5. The van der Waals surface area contributed by atoms with E-state index in [4.69, 9.17) is 0 Å². The lowest BCUT2D eigenvalue weighted by molar-refractivity contribution is -0.137. The molecule has 3 rings (SSSR count). The van der Waals surface area contributed by atoms with Crippen molar-refractivity contribution in [2.45, 2.75) is 19.5 Å². The Bertz CT molecular complexity index is 1230. The van der Waals surface area contributed by atoms with E-state index in [9.17, 15) is 27.6 Å². The van der Waals surface area contributed by atoms with Crippen LogP contribution >= 0.6 is 0 Å². The van der Waals surface area contributed by atoms with Crippen molar-refractivity contribution in [3.63, 3.8) is 0 Å². The molecule has 0 aliphatic rings. The molecule has 0 saturated heterocycles. The number of halogens is 3. The number of hydrazone groups is 1.